The number of hydrogen-bond acceptors (Lipinski definition) is 3. The number of alkyl halides is 1. The molecule has 116 valence electrons. The van der Waals surface area contributed by atoms with E-state index >= 15 is 0 Å². The van der Waals surface area contributed by atoms with Gasteiger partial charge in [0.15, 0.2) is 11.1 Å². The normalized spacial score (nSPS) is 42.8. The third kappa shape index (κ3) is 1.82. The van der Waals surface area contributed by atoms with Crippen molar-refractivity contribution in [2.24, 2.45) is 11.8 Å². The van der Waals surface area contributed by atoms with Gasteiger partial charge in [0.2, 0.25) is 5.91 Å². The number of rotatable bonds is 4. The molecule has 0 aromatic rings. The molecular formula is C16H22ClNO3. The van der Waals surface area contributed by atoms with Crippen molar-refractivity contribution >= 4 is 17.5 Å². The Morgan fingerprint density at radius 2 is 2.43 bits per heavy atom. The van der Waals surface area contributed by atoms with E-state index in [-0.39, 0.29) is 17.7 Å². The fraction of sp³-hybridized carbons (Fsp3) is 0.688. The smallest absolute Gasteiger partial charge is 0.228 e. The van der Waals surface area contributed by atoms with E-state index in [0.29, 0.717) is 18.1 Å². The van der Waals surface area contributed by atoms with Crippen LogP contribution in [0.4, 0.5) is 0 Å². The van der Waals surface area contributed by atoms with Gasteiger partial charge in [-0.1, -0.05) is 18.7 Å². The Balaban J connectivity index is 1.94. The molecule has 21 heavy (non-hydrogen) atoms. The number of amides is 1. The molecule has 0 aromatic heterocycles. The molecular weight excluding hydrogens is 290 g/mol. The van der Waals surface area contributed by atoms with Gasteiger partial charge in [0.25, 0.3) is 0 Å². The second kappa shape index (κ2) is 5.03. The van der Waals surface area contributed by atoms with E-state index in [1.54, 1.807) is 0 Å². The van der Waals surface area contributed by atoms with Crippen LogP contribution in [0.3, 0.4) is 0 Å². The van der Waals surface area contributed by atoms with Crippen LogP contribution >= 0.6 is 11.6 Å². The van der Waals surface area contributed by atoms with Gasteiger partial charge >= 0.3 is 0 Å². The molecule has 2 N–H and O–H groups in total. The minimum Gasteiger partial charge on any atom is -0.486 e. The summed E-state index contributed by atoms with van der Waals surface area (Å²) in [5, 5.41) is 13.9. The van der Waals surface area contributed by atoms with Crippen molar-refractivity contribution in [1.82, 2.24) is 5.32 Å². The number of aliphatic hydroxyl groups excluding tert-OH is 1. The van der Waals surface area contributed by atoms with Crippen LogP contribution in [0.2, 0.25) is 0 Å². The highest BCUT2D eigenvalue weighted by atomic mass is 35.5. The zero-order valence-electron chi connectivity index (χ0n) is 12.3. The van der Waals surface area contributed by atoms with Crippen LogP contribution in [0.5, 0.6) is 0 Å². The summed E-state index contributed by atoms with van der Waals surface area (Å²) < 4.78 is 5.78. The van der Waals surface area contributed by atoms with Crippen LogP contribution in [-0.2, 0) is 9.53 Å². The van der Waals surface area contributed by atoms with E-state index in [1.807, 2.05) is 6.92 Å². The number of carbonyl (C=O) groups is 1. The summed E-state index contributed by atoms with van der Waals surface area (Å²) in [7, 11) is 0. The number of aliphatic hydroxyl groups is 1. The maximum absolute atomic E-state index is 12.3. The molecule has 2 saturated heterocycles. The molecule has 0 saturated carbocycles. The molecule has 5 atom stereocenters. The number of carbonyl (C=O) groups excluding carboxylic acids is 1. The number of hydrogen-bond donors (Lipinski definition) is 2. The van der Waals surface area contributed by atoms with Crippen LogP contribution in [0.15, 0.2) is 24.5 Å². The molecule has 2 fully saturated rings. The highest BCUT2D eigenvalue weighted by Gasteiger charge is 2.75. The lowest BCUT2D eigenvalue weighted by molar-refractivity contribution is -0.201. The first-order valence-electron chi connectivity index (χ1n) is 7.58. The zero-order valence-corrected chi connectivity index (χ0v) is 13.0. The van der Waals surface area contributed by atoms with Gasteiger partial charge in [-0.25, -0.2) is 0 Å². The summed E-state index contributed by atoms with van der Waals surface area (Å²) in [4.78, 5) is 12.3. The van der Waals surface area contributed by atoms with Gasteiger partial charge in [-0.3, -0.25) is 4.79 Å². The number of halogens is 1. The number of fused-ring (bicyclic) bond motifs is 1. The van der Waals surface area contributed by atoms with Crippen LogP contribution < -0.4 is 5.32 Å². The summed E-state index contributed by atoms with van der Waals surface area (Å²) in [5.41, 5.74) is -1.64. The van der Waals surface area contributed by atoms with Crippen molar-refractivity contribution in [3.63, 3.8) is 0 Å². The van der Waals surface area contributed by atoms with Gasteiger partial charge in [-0.2, -0.15) is 0 Å². The lowest BCUT2D eigenvalue weighted by Crippen LogP contribution is -2.75. The van der Waals surface area contributed by atoms with Gasteiger partial charge in [0, 0.05) is 11.8 Å². The fourth-order valence-electron chi connectivity index (χ4n) is 4.19. The molecule has 4 nitrogen and oxygen atoms in total. The first-order valence-corrected chi connectivity index (χ1v) is 8.12. The summed E-state index contributed by atoms with van der Waals surface area (Å²) in [5.74, 6) is 0.424. The molecule has 2 aliphatic heterocycles. The van der Waals surface area contributed by atoms with Gasteiger partial charge in [-0.15, -0.1) is 11.6 Å². The van der Waals surface area contributed by atoms with E-state index in [0.717, 1.165) is 19.3 Å². The van der Waals surface area contributed by atoms with Gasteiger partial charge in [0.05, 0.1) is 12.0 Å². The van der Waals surface area contributed by atoms with Crippen molar-refractivity contribution in [2.45, 2.75) is 49.9 Å². The summed E-state index contributed by atoms with van der Waals surface area (Å²) >= 11 is 5.82. The average Bonchev–Trinajstić information content (AvgIpc) is 2.65. The average molecular weight is 312 g/mol. The SMILES string of the molecule is C=C1O[C@@]2(C)[C@@H](CCCl)C(=O)N[C@@]12C(O)[C@@H]1C=CCCC1. The first kappa shape index (κ1) is 14.9. The highest BCUT2D eigenvalue weighted by Crippen LogP contribution is 2.57. The molecule has 1 aliphatic carbocycles. The van der Waals surface area contributed by atoms with Crippen molar-refractivity contribution in [3.8, 4) is 0 Å². The minimum atomic E-state index is -0.882. The minimum absolute atomic E-state index is 0.0220. The molecule has 0 aromatic carbocycles. The molecule has 3 aliphatic rings. The van der Waals surface area contributed by atoms with E-state index in [9.17, 15) is 9.90 Å². The molecule has 0 radical (unpaired) electrons. The van der Waals surface area contributed by atoms with E-state index in [2.05, 4.69) is 24.0 Å². The maximum atomic E-state index is 12.3. The molecule has 5 heteroatoms. The number of nitrogens with one attached hydrogen (secondary N) is 1. The predicted octanol–water partition coefficient (Wildman–Crippen LogP) is 2.12. The van der Waals surface area contributed by atoms with E-state index in [4.69, 9.17) is 16.3 Å². The second-order valence-corrected chi connectivity index (χ2v) is 6.81. The molecule has 1 unspecified atom stereocenters. The van der Waals surface area contributed by atoms with Crippen LogP contribution in [0.25, 0.3) is 0 Å². The van der Waals surface area contributed by atoms with Crippen molar-refractivity contribution in [3.05, 3.63) is 24.5 Å². The van der Waals surface area contributed by atoms with Crippen molar-refractivity contribution in [2.75, 3.05) is 5.88 Å². The fourth-order valence-corrected chi connectivity index (χ4v) is 4.41. The monoisotopic (exact) mass is 311 g/mol. The Kier molecular flexibility index (Phi) is 3.57. The zero-order chi connectivity index (χ0) is 15.3. The van der Waals surface area contributed by atoms with Gasteiger partial charge in [-0.05, 0) is 32.6 Å². The number of ether oxygens (including phenoxy) is 1. The third-order valence-corrected chi connectivity index (χ3v) is 5.62. The van der Waals surface area contributed by atoms with Gasteiger partial charge < -0.3 is 15.2 Å². The van der Waals surface area contributed by atoms with E-state index < -0.39 is 17.2 Å². The van der Waals surface area contributed by atoms with Gasteiger partial charge in [0.1, 0.15) is 5.76 Å². The van der Waals surface area contributed by atoms with Crippen LogP contribution in [0.1, 0.15) is 32.6 Å². The highest BCUT2D eigenvalue weighted by molar-refractivity contribution is 6.18. The second-order valence-electron chi connectivity index (χ2n) is 6.43. The molecule has 3 rings (SSSR count). The maximum Gasteiger partial charge on any atom is 0.228 e. The lowest BCUT2D eigenvalue weighted by Gasteiger charge is -2.58. The lowest BCUT2D eigenvalue weighted by atomic mass is 9.63. The summed E-state index contributed by atoms with van der Waals surface area (Å²) in [6, 6.07) is 0. The first-order chi connectivity index (χ1) is 9.97. The molecule has 1 amide bonds. The Morgan fingerprint density at radius 1 is 1.67 bits per heavy atom. The van der Waals surface area contributed by atoms with Crippen LogP contribution in [0, 0.1) is 11.8 Å². The summed E-state index contributed by atoms with van der Waals surface area (Å²) in [6.45, 7) is 5.79. The Morgan fingerprint density at radius 3 is 3.00 bits per heavy atom. The Bertz CT molecular complexity index is 506. The topological polar surface area (TPSA) is 58.6 Å². The Hall–Kier alpha value is -1.00. The number of allylic oxidation sites excluding steroid dienone is 1. The molecule has 0 spiro atoms. The van der Waals surface area contributed by atoms with E-state index in [1.165, 1.54) is 0 Å². The van der Waals surface area contributed by atoms with Crippen molar-refractivity contribution in [1.29, 1.82) is 0 Å². The Labute approximate surface area is 130 Å². The quantitative estimate of drug-likeness (QED) is 0.617. The van der Waals surface area contributed by atoms with Crippen LogP contribution in [-0.4, -0.2) is 34.1 Å². The predicted molar refractivity (Wildman–Crippen MR) is 80.8 cm³/mol. The molecule has 2 heterocycles. The summed E-state index contributed by atoms with van der Waals surface area (Å²) in [6.07, 6.45) is 6.98. The third-order valence-electron chi connectivity index (χ3n) is 5.40. The standard InChI is InChI=1S/C16H22ClNO3/c1-10-16(13(19)11-6-4-3-5-7-11)15(2,21-10)12(8-9-17)14(20)18-16/h4,6,11-13,19H,1,3,5,7-9H2,2H3,(H,18,20)/t11-,12+,13?,15+,16-/m1/s1. The van der Waals surface area contributed by atoms with Crippen molar-refractivity contribution < 1.29 is 14.6 Å². The molecule has 0 bridgehead atoms. The largest absolute Gasteiger partial charge is 0.486 e.